The van der Waals surface area contributed by atoms with Crippen molar-refractivity contribution < 1.29 is 30.4 Å². The maximum absolute atomic E-state index is 14.1. The van der Waals surface area contributed by atoms with Crippen molar-refractivity contribution in [2.24, 2.45) is 0 Å². The molecule has 1 aromatic heterocycles. The Morgan fingerprint density at radius 1 is 1.05 bits per heavy atom. The average Bonchev–Trinajstić information content (AvgIpc) is 3.26. The smallest absolute Gasteiger partial charge is 0.361 e. The van der Waals surface area contributed by atoms with Gasteiger partial charge in [0.15, 0.2) is 0 Å². The van der Waals surface area contributed by atoms with Gasteiger partial charge in [0.2, 0.25) is 16.0 Å². The van der Waals surface area contributed by atoms with Crippen molar-refractivity contribution in [3.63, 3.8) is 0 Å². The molecular formula is C26H31F5N6O2S. The van der Waals surface area contributed by atoms with Gasteiger partial charge in [-0.25, -0.2) is 22.2 Å². The molecule has 1 atom stereocenters. The maximum Gasteiger partial charge on any atom is 0.421 e. The highest BCUT2D eigenvalue weighted by molar-refractivity contribution is 7.89. The fraction of sp³-hybridized carbons (Fsp3) is 0.538. The predicted molar refractivity (Wildman–Crippen MR) is 141 cm³/mol. The van der Waals surface area contributed by atoms with Gasteiger partial charge in [0.1, 0.15) is 11.4 Å². The Kier molecular flexibility index (Phi) is 8.03. The van der Waals surface area contributed by atoms with E-state index in [2.05, 4.69) is 32.0 Å². The molecule has 1 aliphatic carbocycles. The number of hydrogen-bond acceptors (Lipinski definition) is 7. The third kappa shape index (κ3) is 6.23. The van der Waals surface area contributed by atoms with Crippen LogP contribution in [0.2, 0.25) is 0 Å². The van der Waals surface area contributed by atoms with E-state index in [1.807, 2.05) is 12.1 Å². The molecule has 0 bridgehead atoms. The van der Waals surface area contributed by atoms with E-state index in [4.69, 9.17) is 0 Å². The van der Waals surface area contributed by atoms with Crippen LogP contribution in [0.25, 0.3) is 5.57 Å². The van der Waals surface area contributed by atoms with Crippen LogP contribution in [0.3, 0.4) is 0 Å². The van der Waals surface area contributed by atoms with Gasteiger partial charge in [-0.2, -0.15) is 22.5 Å². The lowest BCUT2D eigenvalue weighted by atomic mass is 10.0. The van der Waals surface area contributed by atoms with Crippen LogP contribution in [0.4, 0.5) is 33.7 Å². The van der Waals surface area contributed by atoms with Gasteiger partial charge in [-0.15, -0.1) is 0 Å². The number of anilines is 2. The van der Waals surface area contributed by atoms with Gasteiger partial charge < -0.3 is 16.0 Å². The van der Waals surface area contributed by atoms with Crippen molar-refractivity contribution in [1.82, 2.24) is 19.6 Å². The SMILES string of the molecule is O=S(=O)(c1ccc(C2=CCNCC2)cc1)N1CCC(Nc2ncc(C(F)(F)F)c(NC3CCCC3(F)F)n2)CC1. The quantitative estimate of drug-likeness (QED) is 0.404. The summed E-state index contributed by atoms with van der Waals surface area (Å²) < 4.78 is 96.6. The molecule has 0 spiro atoms. The van der Waals surface area contributed by atoms with E-state index in [1.165, 1.54) is 9.88 Å². The molecule has 1 aromatic carbocycles. The molecule has 0 radical (unpaired) electrons. The summed E-state index contributed by atoms with van der Waals surface area (Å²) in [6, 6.07) is 5.08. The van der Waals surface area contributed by atoms with E-state index >= 15 is 0 Å². The van der Waals surface area contributed by atoms with E-state index in [0.717, 1.165) is 25.1 Å². The molecule has 218 valence electrons. The summed E-state index contributed by atoms with van der Waals surface area (Å²) in [7, 11) is -3.72. The van der Waals surface area contributed by atoms with Gasteiger partial charge in [0.25, 0.3) is 5.92 Å². The second kappa shape index (κ2) is 11.2. The fourth-order valence-corrected chi connectivity index (χ4v) is 6.81. The summed E-state index contributed by atoms with van der Waals surface area (Å²) in [5.74, 6) is -3.97. The first kappa shape index (κ1) is 28.7. The van der Waals surface area contributed by atoms with Crippen LogP contribution in [0.15, 0.2) is 41.4 Å². The lowest BCUT2D eigenvalue weighted by molar-refractivity contribution is -0.137. The summed E-state index contributed by atoms with van der Waals surface area (Å²) >= 11 is 0. The van der Waals surface area contributed by atoms with E-state index in [9.17, 15) is 30.4 Å². The molecule has 2 fully saturated rings. The highest BCUT2D eigenvalue weighted by Crippen LogP contribution is 2.40. The summed E-state index contributed by atoms with van der Waals surface area (Å²) in [5, 5.41) is 8.49. The number of benzene rings is 1. The molecule has 40 heavy (non-hydrogen) atoms. The number of sulfonamides is 1. The topological polar surface area (TPSA) is 99.3 Å². The minimum atomic E-state index is -4.82. The van der Waals surface area contributed by atoms with Crippen LogP contribution in [0, 0.1) is 0 Å². The molecule has 0 amide bonds. The van der Waals surface area contributed by atoms with Gasteiger partial charge in [-0.1, -0.05) is 18.2 Å². The zero-order valence-electron chi connectivity index (χ0n) is 21.6. The molecule has 3 heterocycles. The summed E-state index contributed by atoms with van der Waals surface area (Å²) in [6.07, 6.45) is -0.718. The van der Waals surface area contributed by atoms with Crippen LogP contribution in [0.5, 0.6) is 0 Å². The van der Waals surface area contributed by atoms with Crippen LogP contribution in [-0.4, -0.2) is 66.9 Å². The van der Waals surface area contributed by atoms with Gasteiger partial charge in [0.05, 0.1) is 10.9 Å². The Bertz CT molecular complexity index is 1340. The van der Waals surface area contributed by atoms with E-state index in [1.54, 1.807) is 12.1 Å². The minimum Gasteiger partial charge on any atom is -0.361 e. The fourth-order valence-electron chi connectivity index (χ4n) is 5.34. The van der Waals surface area contributed by atoms with Gasteiger partial charge in [0, 0.05) is 38.3 Å². The third-order valence-electron chi connectivity index (χ3n) is 7.63. The number of rotatable bonds is 7. The monoisotopic (exact) mass is 586 g/mol. The average molecular weight is 587 g/mol. The lowest BCUT2D eigenvalue weighted by Gasteiger charge is -2.32. The molecule has 1 saturated carbocycles. The molecule has 3 aliphatic rings. The molecule has 3 N–H and O–H groups in total. The van der Waals surface area contributed by atoms with Gasteiger partial charge >= 0.3 is 6.18 Å². The van der Waals surface area contributed by atoms with E-state index in [0.29, 0.717) is 19.0 Å². The third-order valence-corrected chi connectivity index (χ3v) is 9.54. The maximum atomic E-state index is 14.1. The van der Waals surface area contributed by atoms with Crippen molar-refractivity contribution >= 4 is 27.4 Å². The Hall–Kier alpha value is -2.84. The molecular weight excluding hydrogens is 555 g/mol. The zero-order valence-corrected chi connectivity index (χ0v) is 22.5. The van der Waals surface area contributed by atoms with E-state index in [-0.39, 0.29) is 42.8 Å². The van der Waals surface area contributed by atoms with Crippen LogP contribution in [0.1, 0.15) is 49.7 Å². The number of halogens is 5. The highest BCUT2D eigenvalue weighted by Gasteiger charge is 2.45. The second-order valence-electron chi connectivity index (χ2n) is 10.3. The molecule has 2 aliphatic heterocycles. The number of hydrogen-bond donors (Lipinski definition) is 3. The minimum absolute atomic E-state index is 0.0298. The van der Waals surface area contributed by atoms with Gasteiger partial charge in [-0.05, 0) is 61.9 Å². The Balaban J connectivity index is 1.23. The standard InChI is InChI=1S/C26H31F5N6O2S/c27-25(28)11-1-2-22(25)35-23-21(26(29,30)31)16-33-24(36-23)34-19-9-14-37(15-10-19)40(38,39)20-5-3-17(4-6-20)18-7-12-32-13-8-18/h3-7,16,19,22,32H,1-2,8-15H2,(H2,33,34,35,36). The van der Waals surface area contributed by atoms with E-state index < -0.39 is 46.0 Å². The number of nitrogens with zero attached hydrogens (tertiary/aromatic N) is 3. The number of piperidine rings is 1. The summed E-state index contributed by atoms with van der Waals surface area (Å²) in [6.45, 7) is 2.04. The first-order valence-corrected chi connectivity index (χ1v) is 14.7. The highest BCUT2D eigenvalue weighted by atomic mass is 32.2. The largest absolute Gasteiger partial charge is 0.421 e. The zero-order chi connectivity index (χ0) is 28.5. The van der Waals surface area contributed by atoms with Gasteiger partial charge in [-0.3, -0.25) is 0 Å². The Morgan fingerprint density at radius 3 is 2.38 bits per heavy atom. The molecule has 1 unspecified atom stereocenters. The van der Waals surface area contributed by atoms with Crippen molar-refractivity contribution in [2.75, 3.05) is 36.8 Å². The second-order valence-corrected chi connectivity index (χ2v) is 12.3. The van der Waals surface area contributed by atoms with Crippen LogP contribution < -0.4 is 16.0 Å². The molecule has 2 aromatic rings. The normalized spacial score (nSPS) is 22.6. The van der Waals surface area contributed by atoms with Crippen molar-refractivity contribution in [1.29, 1.82) is 0 Å². The first-order valence-electron chi connectivity index (χ1n) is 13.3. The van der Waals surface area contributed by atoms with Crippen molar-refractivity contribution in [2.45, 2.75) is 67.6 Å². The van der Waals surface area contributed by atoms with Crippen LogP contribution >= 0.6 is 0 Å². The number of aromatic nitrogens is 2. The Labute approximate surface area is 229 Å². The molecule has 1 saturated heterocycles. The number of nitrogens with one attached hydrogen (secondary N) is 3. The molecule has 8 nitrogen and oxygen atoms in total. The predicted octanol–water partition coefficient (Wildman–Crippen LogP) is 4.74. The molecule has 14 heteroatoms. The number of alkyl halides is 5. The van der Waals surface area contributed by atoms with Crippen molar-refractivity contribution in [3.05, 3.63) is 47.7 Å². The van der Waals surface area contributed by atoms with Crippen molar-refractivity contribution in [3.8, 4) is 0 Å². The lowest BCUT2D eigenvalue weighted by Crippen LogP contribution is -2.42. The summed E-state index contributed by atoms with van der Waals surface area (Å²) in [4.78, 5) is 7.86. The summed E-state index contributed by atoms with van der Waals surface area (Å²) in [5.41, 5.74) is 0.949. The first-order chi connectivity index (χ1) is 18.9. The molecule has 5 rings (SSSR count). The van der Waals surface area contributed by atoms with Crippen LogP contribution in [-0.2, 0) is 16.2 Å². The Morgan fingerprint density at radius 2 is 1.77 bits per heavy atom.